The minimum absolute atomic E-state index is 0.137. The van der Waals surface area contributed by atoms with Crippen molar-refractivity contribution < 1.29 is 23.8 Å². The van der Waals surface area contributed by atoms with Crippen LogP contribution >= 0.6 is 11.8 Å². The van der Waals surface area contributed by atoms with Gasteiger partial charge in [-0.3, -0.25) is 4.57 Å². The van der Waals surface area contributed by atoms with E-state index in [0.29, 0.717) is 16.2 Å². The standard InChI is InChI=1S/C24H22N2O6S/c1-33-20-12-13-26(24(29)25-20)21-14-18(32-23(28)17-10-6-3-7-11-17)19(31-21)15-30-22(27)16-8-4-2-5-9-16/h2-13,18-19,21H,14-15H2,1H3/t18-,19+,21-/m0/s1. The Morgan fingerprint density at radius 3 is 2.27 bits per heavy atom. The Kier molecular flexibility index (Phi) is 7.21. The fourth-order valence-electron chi connectivity index (χ4n) is 3.47. The Bertz CT molecular complexity index is 1170. The number of rotatable bonds is 7. The van der Waals surface area contributed by atoms with Crippen LogP contribution in [0.5, 0.6) is 0 Å². The molecule has 0 N–H and O–H groups in total. The van der Waals surface area contributed by atoms with Gasteiger partial charge in [0, 0.05) is 12.6 Å². The van der Waals surface area contributed by atoms with Crippen molar-refractivity contribution >= 4 is 23.7 Å². The molecule has 0 unspecified atom stereocenters. The molecule has 0 aliphatic carbocycles. The summed E-state index contributed by atoms with van der Waals surface area (Å²) in [6.07, 6.45) is 1.46. The van der Waals surface area contributed by atoms with Gasteiger partial charge in [-0.05, 0) is 36.6 Å². The minimum atomic E-state index is -0.748. The van der Waals surface area contributed by atoms with Crippen LogP contribution in [0.2, 0.25) is 0 Å². The third kappa shape index (κ3) is 5.50. The maximum Gasteiger partial charge on any atom is 0.350 e. The zero-order chi connectivity index (χ0) is 23.2. The van der Waals surface area contributed by atoms with Crippen LogP contribution in [-0.2, 0) is 14.2 Å². The van der Waals surface area contributed by atoms with Crippen LogP contribution in [0.4, 0.5) is 0 Å². The summed E-state index contributed by atoms with van der Waals surface area (Å²) in [5, 5.41) is 0.592. The monoisotopic (exact) mass is 466 g/mol. The third-order valence-corrected chi connectivity index (χ3v) is 5.81. The van der Waals surface area contributed by atoms with Gasteiger partial charge in [-0.15, -0.1) is 11.8 Å². The second kappa shape index (κ2) is 10.5. The van der Waals surface area contributed by atoms with Gasteiger partial charge in [-0.1, -0.05) is 36.4 Å². The lowest BCUT2D eigenvalue weighted by Crippen LogP contribution is -2.32. The van der Waals surface area contributed by atoms with Gasteiger partial charge in [0.25, 0.3) is 0 Å². The molecule has 0 saturated carbocycles. The van der Waals surface area contributed by atoms with Gasteiger partial charge in [-0.2, -0.15) is 4.98 Å². The maximum absolute atomic E-state index is 12.6. The second-order valence-electron chi connectivity index (χ2n) is 7.30. The van der Waals surface area contributed by atoms with E-state index in [2.05, 4.69) is 4.98 Å². The summed E-state index contributed by atoms with van der Waals surface area (Å²) < 4.78 is 18.5. The summed E-state index contributed by atoms with van der Waals surface area (Å²) in [5.41, 5.74) is 0.323. The lowest BCUT2D eigenvalue weighted by Gasteiger charge is -2.19. The molecule has 170 valence electrons. The van der Waals surface area contributed by atoms with Crippen LogP contribution in [0.3, 0.4) is 0 Å². The van der Waals surface area contributed by atoms with Crippen molar-refractivity contribution in [3.63, 3.8) is 0 Å². The van der Waals surface area contributed by atoms with Crippen molar-refractivity contribution in [1.82, 2.24) is 9.55 Å². The largest absolute Gasteiger partial charge is 0.459 e. The van der Waals surface area contributed by atoms with Crippen molar-refractivity contribution in [1.29, 1.82) is 0 Å². The highest BCUT2D eigenvalue weighted by Gasteiger charge is 2.40. The quantitative estimate of drug-likeness (QED) is 0.297. The van der Waals surface area contributed by atoms with E-state index in [1.54, 1.807) is 72.9 Å². The molecule has 33 heavy (non-hydrogen) atoms. The number of hydrogen-bond acceptors (Lipinski definition) is 8. The molecule has 3 aromatic rings. The molecule has 0 spiro atoms. The van der Waals surface area contributed by atoms with Gasteiger partial charge in [-0.25, -0.2) is 14.4 Å². The third-order valence-electron chi connectivity index (χ3n) is 5.16. The molecular formula is C24H22N2O6S. The highest BCUT2D eigenvalue weighted by Crippen LogP contribution is 2.31. The van der Waals surface area contributed by atoms with E-state index in [9.17, 15) is 14.4 Å². The predicted octanol–water partition coefficient (Wildman–Crippen LogP) is 3.34. The van der Waals surface area contributed by atoms with E-state index in [-0.39, 0.29) is 13.0 Å². The van der Waals surface area contributed by atoms with Crippen molar-refractivity contribution in [3.05, 3.63) is 94.5 Å². The number of nitrogens with zero attached hydrogens (tertiary/aromatic N) is 2. The Labute approximate surface area is 194 Å². The molecule has 1 aliphatic heterocycles. The summed E-state index contributed by atoms with van der Waals surface area (Å²) in [5.74, 6) is -1.04. The Hall–Kier alpha value is -3.43. The van der Waals surface area contributed by atoms with Gasteiger partial charge in [0.05, 0.1) is 11.1 Å². The molecule has 8 nitrogen and oxygen atoms in total. The molecule has 0 amide bonds. The van der Waals surface area contributed by atoms with Crippen LogP contribution < -0.4 is 5.69 Å². The number of carbonyl (C=O) groups is 2. The zero-order valence-electron chi connectivity index (χ0n) is 17.8. The first-order valence-corrected chi connectivity index (χ1v) is 11.5. The summed E-state index contributed by atoms with van der Waals surface area (Å²) in [4.78, 5) is 41.5. The average molecular weight is 467 g/mol. The molecule has 2 aromatic carbocycles. The zero-order valence-corrected chi connectivity index (χ0v) is 18.6. The number of ether oxygens (including phenoxy) is 3. The van der Waals surface area contributed by atoms with Gasteiger partial charge < -0.3 is 14.2 Å². The maximum atomic E-state index is 12.6. The summed E-state index contributed by atoms with van der Waals surface area (Å²) in [6, 6.07) is 18.8. The second-order valence-corrected chi connectivity index (χ2v) is 8.13. The number of carbonyl (C=O) groups excluding carboxylic acids is 2. The van der Waals surface area contributed by atoms with Crippen molar-refractivity contribution in [2.75, 3.05) is 12.9 Å². The van der Waals surface area contributed by atoms with E-state index in [4.69, 9.17) is 14.2 Å². The van der Waals surface area contributed by atoms with Gasteiger partial charge in [0.1, 0.15) is 30.1 Å². The summed E-state index contributed by atoms with van der Waals surface area (Å²) in [6.45, 7) is -0.137. The molecule has 1 aromatic heterocycles. The molecule has 0 radical (unpaired) electrons. The Morgan fingerprint density at radius 1 is 1.03 bits per heavy atom. The first-order chi connectivity index (χ1) is 16.0. The van der Waals surface area contributed by atoms with Gasteiger partial charge >= 0.3 is 17.6 Å². The molecular weight excluding hydrogens is 444 g/mol. The number of hydrogen-bond donors (Lipinski definition) is 0. The topological polar surface area (TPSA) is 96.7 Å². The predicted molar refractivity (Wildman–Crippen MR) is 121 cm³/mol. The number of thioether (sulfide) groups is 1. The number of benzene rings is 2. The molecule has 1 aliphatic rings. The Balaban J connectivity index is 1.51. The van der Waals surface area contributed by atoms with Crippen LogP contribution in [-0.4, -0.2) is 46.6 Å². The van der Waals surface area contributed by atoms with Crippen LogP contribution in [0.15, 0.2) is 82.7 Å². The van der Waals surface area contributed by atoms with E-state index < -0.39 is 36.1 Å². The first kappa shape index (κ1) is 22.8. The van der Waals surface area contributed by atoms with Crippen LogP contribution in [0.1, 0.15) is 33.4 Å². The minimum Gasteiger partial charge on any atom is -0.459 e. The number of aromatic nitrogens is 2. The fraction of sp³-hybridized carbons (Fsp3) is 0.250. The van der Waals surface area contributed by atoms with Crippen molar-refractivity contribution in [3.8, 4) is 0 Å². The number of esters is 2. The SMILES string of the molecule is CSc1ccn([C@@H]2C[C@H](OC(=O)c3ccccc3)[C@@H](COC(=O)c3ccccc3)O2)c(=O)n1. The summed E-state index contributed by atoms with van der Waals surface area (Å²) >= 11 is 1.36. The van der Waals surface area contributed by atoms with E-state index in [1.807, 2.05) is 6.26 Å². The smallest absolute Gasteiger partial charge is 0.350 e. The molecule has 3 atom stereocenters. The van der Waals surface area contributed by atoms with E-state index in [0.717, 1.165) is 0 Å². The normalized spacial score (nSPS) is 19.7. The highest BCUT2D eigenvalue weighted by atomic mass is 32.2. The summed E-state index contributed by atoms with van der Waals surface area (Å²) in [7, 11) is 0. The van der Waals surface area contributed by atoms with Crippen LogP contribution in [0, 0.1) is 0 Å². The molecule has 2 heterocycles. The van der Waals surface area contributed by atoms with Crippen molar-refractivity contribution in [2.45, 2.75) is 29.9 Å². The highest BCUT2D eigenvalue weighted by molar-refractivity contribution is 7.98. The molecule has 1 fully saturated rings. The molecule has 4 rings (SSSR count). The molecule has 0 bridgehead atoms. The molecule has 1 saturated heterocycles. The lowest BCUT2D eigenvalue weighted by atomic mass is 10.1. The van der Waals surface area contributed by atoms with E-state index >= 15 is 0 Å². The Morgan fingerprint density at radius 2 is 1.67 bits per heavy atom. The fourth-order valence-corrected chi connectivity index (χ4v) is 3.84. The van der Waals surface area contributed by atoms with Gasteiger partial charge in [0.2, 0.25) is 0 Å². The average Bonchev–Trinajstić information content (AvgIpc) is 3.25. The molecule has 9 heteroatoms. The first-order valence-electron chi connectivity index (χ1n) is 10.3. The van der Waals surface area contributed by atoms with Gasteiger partial charge in [0.15, 0.2) is 0 Å². The van der Waals surface area contributed by atoms with Crippen LogP contribution in [0.25, 0.3) is 0 Å². The van der Waals surface area contributed by atoms with Crippen molar-refractivity contribution in [2.24, 2.45) is 0 Å². The van der Waals surface area contributed by atoms with E-state index in [1.165, 1.54) is 16.3 Å². The lowest BCUT2D eigenvalue weighted by molar-refractivity contribution is -0.0582.